The summed E-state index contributed by atoms with van der Waals surface area (Å²) in [6, 6.07) is 6.32. The fourth-order valence-electron chi connectivity index (χ4n) is 1.80. The molecule has 2 aromatic heterocycles. The van der Waals surface area contributed by atoms with Crippen LogP contribution in [0.1, 0.15) is 10.4 Å². The van der Waals surface area contributed by atoms with E-state index in [-0.39, 0.29) is 0 Å². The van der Waals surface area contributed by atoms with Crippen molar-refractivity contribution in [3.05, 3.63) is 46.4 Å². The van der Waals surface area contributed by atoms with Crippen LogP contribution in [0, 0.1) is 0 Å². The molecule has 1 aliphatic heterocycles. The van der Waals surface area contributed by atoms with E-state index in [2.05, 4.69) is 27.4 Å². The average molecular weight is 202 g/mol. The molecule has 70 valence electrons. The van der Waals surface area contributed by atoms with E-state index in [1.165, 1.54) is 16.1 Å². The van der Waals surface area contributed by atoms with Crippen LogP contribution in [0.5, 0.6) is 0 Å². The standard InChI is InChI=1S/C11H10N2S/c1-2-10(6-12-4-1)13-7-9-3-5-14-11(9)8-13/h1-6H,7-8H2. The van der Waals surface area contributed by atoms with Gasteiger partial charge in [-0.2, -0.15) is 0 Å². The van der Waals surface area contributed by atoms with Crippen molar-refractivity contribution in [3.8, 4) is 0 Å². The first kappa shape index (κ1) is 8.00. The van der Waals surface area contributed by atoms with Gasteiger partial charge in [-0.3, -0.25) is 4.98 Å². The third kappa shape index (κ3) is 1.21. The molecule has 3 heterocycles. The molecule has 3 heteroatoms. The topological polar surface area (TPSA) is 16.1 Å². The Morgan fingerprint density at radius 2 is 2.29 bits per heavy atom. The van der Waals surface area contributed by atoms with Crippen molar-refractivity contribution < 1.29 is 0 Å². The van der Waals surface area contributed by atoms with Crippen molar-refractivity contribution >= 4 is 17.0 Å². The maximum Gasteiger partial charge on any atom is 0.0559 e. The van der Waals surface area contributed by atoms with E-state index in [4.69, 9.17) is 0 Å². The smallest absolute Gasteiger partial charge is 0.0559 e. The van der Waals surface area contributed by atoms with E-state index >= 15 is 0 Å². The molecule has 0 saturated heterocycles. The SMILES string of the molecule is c1cncc(N2Cc3ccsc3C2)c1. The Bertz CT molecular complexity index is 415. The lowest BCUT2D eigenvalue weighted by Crippen LogP contribution is -2.14. The largest absolute Gasteiger partial charge is 0.361 e. The van der Waals surface area contributed by atoms with Crippen LogP contribution in [0.2, 0.25) is 0 Å². The molecule has 0 bridgehead atoms. The molecule has 0 spiro atoms. The van der Waals surface area contributed by atoms with Gasteiger partial charge in [0.25, 0.3) is 0 Å². The molecular formula is C11H10N2S. The van der Waals surface area contributed by atoms with Crippen LogP contribution in [0.25, 0.3) is 0 Å². The molecule has 3 rings (SSSR count). The predicted octanol–water partition coefficient (Wildman–Crippen LogP) is 2.66. The molecule has 14 heavy (non-hydrogen) atoms. The number of thiophene rings is 1. The Labute approximate surface area is 86.8 Å². The highest BCUT2D eigenvalue weighted by Crippen LogP contribution is 2.30. The quantitative estimate of drug-likeness (QED) is 0.706. The van der Waals surface area contributed by atoms with Gasteiger partial charge in [0.05, 0.1) is 18.4 Å². The number of pyridine rings is 1. The van der Waals surface area contributed by atoms with E-state index in [1.807, 2.05) is 29.8 Å². The summed E-state index contributed by atoms with van der Waals surface area (Å²) in [4.78, 5) is 7.99. The first-order valence-electron chi connectivity index (χ1n) is 4.64. The summed E-state index contributed by atoms with van der Waals surface area (Å²) in [6.07, 6.45) is 3.74. The van der Waals surface area contributed by atoms with Gasteiger partial charge in [0.15, 0.2) is 0 Å². The number of hydrogen-bond acceptors (Lipinski definition) is 3. The average Bonchev–Trinajstić information content (AvgIpc) is 2.78. The van der Waals surface area contributed by atoms with Crippen molar-refractivity contribution in [2.75, 3.05) is 4.90 Å². The molecule has 2 aromatic rings. The van der Waals surface area contributed by atoms with Crippen LogP contribution < -0.4 is 4.90 Å². The number of aromatic nitrogens is 1. The highest BCUT2D eigenvalue weighted by Gasteiger charge is 2.19. The van der Waals surface area contributed by atoms with Crippen LogP contribution in [0.3, 0.4) is 0 Å². The second kappa shape index (κ2) is 3.10. The molecule has 0 amide bonds. The second-order valence-corrected chi connectivity index (χ2v) is 4.44. The van der Waals surface area contributed by atoms with Crippen LogP contribution in [-0.4, -0.2) is 4.98 Å². The monoisotopic (exact) mass is 202 g/mol. The zero-order chi connectivity index (χ0) is 9.38. The lowest BCUT2D eigenvalue weighted by molar-refractivity contribution is 0.878. The van der Waals surface area contributed by atoms with Gasteiger partial charge < -0.3 is 4.90 Å². The summed E-state index contributed by atoms with van der Waals surface area (Å²) in [5.41, 5.74) is 2.69. The van der Waals surface area contributed by atoms with Crippen LogP contribution in [-0.2, 0) is 13.1 Å². The normalized spacial score (nSPS) is 14.4. The number of rotatable bonds is 1. The summed E-state index contributed by atoms with van der Waals surface area (Å²) in [5, 5.41) is 2.17. The van der Waals surface area contributed by atoms with E-state index in [9.17, 15) is 0 Å². The predicted molar refractivity (Wildman–Crippen MR) is 58.4 cm³/mol. The third-order valence-electron chi connectivity index (χ3n) is 2.54. The molecule has 0 atom stereocenters. The molecule has 0 saturated carbocycles. The van der Waals surface area contributed by atoms with Gasteiger partial charge in [-0.05, 0) is 29.1 Å². The molecule has 2 nitrogen and oxygen atoms in total. The van der Waals surface area contributed by atoms with E-state index in [1.54, 1.807) is 0 Å². The summed E-state index contributed by atoms with van der Waals surface area (Å²) < 4.78 is 0. The van der Waals surface area contributed by atoms with Gasteiger partial charge in [0.1, 0.15) is 0 Å². The molecule has 0 aromatic carbocycles. The number of fused-ring (bicyclic) bond motifs is 1. The van der Waals surface area contributed by atoms with Gasteiger partial charge >= 0.3 is 0 Å². The molecule has 0 aliphatic carbocycles. The molecule has 0 N–H and O–H groups in total. The minimum absolute atomic E-state index is 1.03. The maximum atomic E-state index is 4.14. The maximum absolute atomic E-state index is 4.14. The van der Waals surface area contributed by atoms with Crippen molar-refractivity contribution in [1.29, 1.82) is 0 Å². The van der Waals surface area contributed by atoms with Crippen LogP contribution >= 0.6 is 11.3 Å². The van der Waals surface area contributed by atoms with Gasteiger partial charge in [-0.25, -0.2) is 0 Å². The summed E-state index contributed by atoms with van der Waals surface area (Å²) in [7, 11) is 0. The van der Waals surface area contributed by atoms with Gasteiger partial charge in [-0.15, -0.1) is 11.3 Å². The van der Waals surface area contributed by atoms with Crippen molar-refractivity contribution in [2.24, 2.45) is 0 Å². The van der Waals surface area contributed by atoms with Crippen molar-refractivity contribution in [3.63, 3.8) is 0 Å². The summed E-state index contributed by atoms with van der Waals surface area (Å²) in [6.45, 7) is 2.07. The first-order valence-corrected chi connectivity index (χ1v) is 5.52. The van der Waals surface area contributed by atoms with Gasteiger partial charge in [0, 0.05) is 17.6 Å². The molecule has 0 unspecified atom stereocenters. The highest BCUT2D eigenvalue weighted by atomic mass is 32.1. The third-order valence-corrected chi connectivity index (χ3v) is 3.49. The zero-order valence-electron chi connectivity index (χ0n) is 7.68. The minimum Gasteiger partial charge on any atom is -0.361 e. The second-order valence-electron chi connectivity index (χ2n) is 3.44. The fraction of sp³-hybridized carbons (Fsp3) is 0.182. The van der Waals surface area contributed by atoms with E-state index in [0.29, 0.717) is 0 Å². The van der Waals surface area contributed by atoms with Crippen LogP contribution in [0.15, 0.2) is 36.0 Å². The molecule has 1 aliphatic rings. The molecular weight excluding hydrogens is 192 g/mol. The molecule has 0 radical (unpaired) electrons. The van der Waals surface area contributed by atoms with Gasteiger partial charge in [0.2, 0.25) is 0 Å². The summed E-state index contributed by atoms with van der Waals surface area (Å²) >= 11 is 1.85. The van der Waals surface area contributed by atoms with Crippen LogP contribution in [0.4, 0.5) is 5.69 Å². The Morgan fingerprint density at radius 3 is 3.07 bits per heavy atom. The highest BCUT2D eigenvalue weighted by molar-refractivity contribution is 7.10. The number of nitrogens with zero attached hydrogens (tertiary/aromatic N) is 2. The van der Waals surface area contributed by atoms with E-state index < -0.39 is 0 Å². The first-order chi connectivity index (χ1) is 6.93. The Hall–Kier alpha value is -1.35. The minimum atomic E-state index is 1.03. The zero-order valence-corrected chi connectivity index (χ0v) is 8.50. The van der Waals surface area contributed by atoms with Crippen molar-refractivity contribution in [1.82, 2.24) is 4.98 Å². The molecule has 0 fully saturated rings. The van der Waals surface area contributed by atoms with E-state index in [0.717, 1.165) is 13.1 Å². The Morgan fingerprint density at radius 1 is 1.29 bits per heavy atom. The van der Waals surface area contributed by atoms with Gasteiger partial charge in [-0.1, -0.05) is 0 Å². The number of hydrogen-bond donors (Lipinski definition) is 0. The number of anilines is 1. The van der Waals surface area contributed by atoms with Crippen molar-refractivity contribution in [2.45, 2.75) is 13.1 Å². The lowest BCUT2D eigenvalue weighted by atomic mass is 10.3. The fourth-order valence-corrected chi connectivity index (χ4v) is 2.72. The Kier molecular flexibility index (Phi) is 1.77. The summed E-state index contributed by atoms with van der Waals surface area (Å²) in [5.74, 6) is 0. The lowest BCUT2D eigenvalue weighted by Gasteiger charge is -2.16. The Balaban J connectivity index is 1.89.